The number of hydrogen-bond acceptors (Lipinski definition) is 2. The van der Waals surface area contributed by atoms with E-state index in [1.54, 1.807) is 0 Å². The van der Waals surface area contributed by atoms with Crippen LogP contribution in [-0.4, -0.2) is 48.6 Å². The summed E-state index contributed by atoms with van der Waals surface area (Å²) in [7, 11) is 0. The Bertz CT molecular complexity index is 339. The standard InChI is InChI=1S/C16H32N4.HI/c1-5-17-15(19-14-8-9-14)18-12-16(3,4)20-10-6-7-13(2)11-20;/h13-14H,5-12H2,1-4H3,(H2,17,18,19);1H. The van der Waals surface area contributed by atoms with Crippen LogP contribution in [0.3, 0.4) is 0 Å². The van der Waals surface area contributed by atoms with E-state index in [0.29, 0.717) is 6.04 Å². The summed E-state index contributed by atoms with van der Waals surface area (Å²) in [5, 5.41) is 6.86. The van der Waals surface area contributed by atoms with Crippen molar-refractivity contribution in [2.45, 2.75) is 65.0 Å². The van der Waals surface area contributed by atoms with Gasteiger partial charge in [0.15, 0.2) is 5.96 Å². The van der Waals surface area contributed by atoms with E-state index in [4.69, 9.17) is 4.99 Å². The topological polar surface area (TPSA) is 39.7 Å². The van der Waals surface area contributed by atoms with Crippen molar-refractivity contribution in [2.24, 2.45) is 10.9 Å². The molecule has 2 N–H and O–H groups in total. The van der Waals surface area contributed by atoms with Crippen molar-refractivity contribution in [1.82, 2.24) is 15.5 Å². The minimum absolute atomic E-state index is 0. The summed E-state index contributed by atoms with van der Waals surface area (Å²) in [5.74, 6) is 1.82. The Hall–Kier alpha value is -0.0400. The molecule has 0 aromatic carbocycles. The third-order valence-electron chi connectivity index (χ3n) is 4.40. The van der Waals surface area contributed by atoms with E-state index in [9.17, 15) is 0 Å². The maximum Gasteiger partial charge on any atom is 0.191 e. The predicted molar refractivity (Wildman–Crippen MR) is 102 cm³/mol. The smallest absolute Gasteiger partial charge is 0.191 e. The second kappa shape index (κ2) is 8.56. The van der Waals surface area contributed by atoms with Gasteiger partial charge in [-0.15, -0.1) is 24.0 Å². The van der Waals surface area contributed by atoms with Crippen LogP contribution in [0.25, 0.3) is 0 Å². The van der Waals surface area contributed by atoms with Crippen LogP contribution in [0, 0.1) is 5.92 Å². The molecule has 1 aliphatic heterocycles. The monoisotopic (exact) mass is 408 g/mol. The number of rotatable bonds is 5. The van der Waals surface area contributed by atoms with Crippen molar-refractivity contribution in [3.8, 4) is 0 Å². The first-order valence-electron chi connectivity index (χ1n) is 8.31. The zero-order valence-electron chi connectivity index (χ0n) is 14.1. The van der Waals surface area contributed by atoms with Crippen molar-refractivity contribution in [3.63, 3.8) is 0 Å². The first-order chi connectivity index (χ1) is 9.51. The number of guanidine groups is 1. The maximum absolute atomic E-state index is 4.82. The summed E-state index contributed by atoms with van der Waals surface area (Å²) in [6, 6.07) is 0.658. The molecule has 2 fully saturated rings. The lowest BCUT2D eigenvalue weighted by molar-refractivity contribution is 0.0774. The van der Waals surface area contributed by atoms with Crippen molar-refractivity contribution in [2.75, 3.05) is 26.2 Å². The quantitative estimate of drug-likeness (QED) is 0.418. The van der Waals surface area contributed by atoms with Gasteiger partial charge in [0.25, 0.3) is 0 Å². The lowest BCUT2D eigenvalue weighted by atomic mass is 9.94. The van der Waals surface area contributed by atoms with Crippen LogP contribution in [0.1, 0.15) is 53.4 Å². The molecule has 1 atom stereocenters. The van der Waals surface area contributed by atoms with Gasteiger partial charge in [0.1, 0.15) is 0 Å². The van der Waals surface area contributed by atoms with E-state index in [2.05, 4.69) is 43.2 Å². The van der Waals surface area contributed by atoms with Crippen LogP contribution < -0.4 is 10.6 Å². The van der Waals surface area contributed by atoms with Crippen LogP contribution in [0.4, 0.5) is 0 Å². The van der Waals surface area contributed by atoms with E-state index >= 15 is 0 Å². The Labute approximate surface area is 147 Å². The zero-order valence-corrected chi connectivity index (χ0v) is 16.4. The third kappa shape index (κ3) is 6.30. The van der Waals surface area contributed by atoms with Crippen LogP contribution in [0.15, 0.2) is 4.99 Å². The highest BCUT2D eigenvalue weighted by molar-refractivity contribution is 14.0. The highest BCUT2D eigenvalue weighted by atomic mass is 127. The van der Waals surface area contributed by atoms with Gasteiger partial charge in [-0.3, -0.25) is 9.89 Å². The minimum Gasteiger partial charge on any atom is -0.357 e. The van der Waals surface area contributed by atoms with Gasteiger partial charge in [-0.05, 0) is 58.9 Å². The first kappa shape index (κ1) is 19.0. The Kier molecular flexibility index (Phi) is 7.74. The molecule has 4 nitrogen and oxygen atoms in total. The Balaban J connectivity index is 0.00000220. The summed E-state index contributed by atoms with van der Waals surface area (Å²) < 4.78 is 0. The molecule has 1 unspecified atom stereocenters. The largest absolute Gasteiger partial charge is 0.357 e. The molecule has 0 spiro atoms. The van der Waals surface area contributed by atoms with Gasteiger partial charge in [0.05, 0.1) is 6.54 Å². The number of nitrogens with zero attached hydrogens (tertiary/aromatic N) is 2. The SMILES string of the molecule is CCNC(=NCC(C)(C)N1CCCC(C)C1)NC1CC1.I. The first-order valence-corrected chi connectivity index (χ1v) is 8.31. The summed E-state index contributed by atoms with van der Waals surface area (Å²) in [6.45, 7) is 13.4. The molecule has 1 saturated carbocycles. The summed E-state index contributed by atoms with van der Waals surface area (Å²) >= 11 is 0. The number of aliphatic imine (C=N–C) groups is 1. The molecule has 5 heteroatoms. The summed E-state index contributed by atoms with van der Waals surface area (Å²) in [6.07, 6.45) is 5.28. The fourth-order valence-corrected chi connectivity index (χ4v) is 2.85. The molecule has 124 valence electrons. The molecule has 0 radical (unpaired) electrons. The van der Waals surface area contributed by atoms with E-state index in [0.717, 1.165) is 25.0 Å². The molecule has 1 saturated heterocycles. The molecule has 1 aliphatic carbocycles. The maximum atomic E-state index is 4.82. The molecular weight excluding hydrogens is 375 g/mol. The second-order valence-electron chi connectivity index (χ2n) is 7.12. The summed E-state index contributed by atoms with van der Waals surface area (Å²) in [5.41, 5.74) is 0.153. The fraction of sp³-hybridized carbons (Fsp3) is 0.938. The van der Waals surface area contributed by atoms with Gasteiger partial charge >= 0.3 is 0 Å². The van der Waals surface area contributed by atoms with Gasteiger partial charge in [0, 0.05) is 24.7 Å². The zero-order chi connectivity index (χ0) is 14.6. The highest BCUT2D eigenvalue weighted by Crippen LogP contribution is 2.24. The number of halogens is 1. The normalized spacial score (nSPS) is 24.4. The molecule has 0 amide bonds. The van der Waals surface area contributed by atoms with E-state index in [1.807, 2.05) is 0 Å². The van der Waals surface area contributed by atoms with E-state index in [-0.39, 0.29) is 29.5 Å². The van der Waals surface area contributed by atoms with Crippen molar-refractivity contribution in [3.05, 3.63) is 0 Å². The molecule has 2 rings (SSSR count). The van der Waals surface area contributed by atoms with Gasteiger partial charge in [-0.2, -0.15) is 0 Å². The highest BCUT2D eigenvalue weighted by Gasteiger charge is 2.30. The van der Waals surface area contributed by atoms with Gasteiger partial charge < -0.3 is 10.6 Å². The molecule has 0 bridgehead atoms. The lowest BCUT2D eigenvalue weighted by Crippen LogP contribution is -2.51. The van der Waals surface area contributed by atoms with Gasteiger partial charge in [-0.25, -0.2) is 0 Å². The second-order valence-corrected chi connectivity index (χ2v) is 7.12. The molecular formula is C16H33IN4. The van der Waals surface area contributed by atoms with Gasteiger partial charge in [0.2, 0.25) is 0 Å². The van der Waals surface area contributed by atoms with Crippen molar-refractivity contribution < 1.29 is 0 Å². The number of hydrogen-bond donors (Lipinski definition) is 2. The van der Waals surface area contributed by atoms with E-state index < -0.39 is 0 Å². The molecule has 2 aliphatic rings. The third-order valence-corrected chi connectivity index (χ3v) is 4.40. The lowest BCUT2D eigenvalue weighted by Gasteiger charge is -2.42. The Morgan fingerprint density at radius 1 is 1.29 bits per heavy atom. The fourth-order valence-electron chi connectivity index (χ4n) is 2.85. The van der Waals surface area contributed by atoms with Crippen LogP contribution in [-0.2, 0) is 0 Å². The van der Waals surface area contributed by atoms with Gasteiger partial charge in [-0.1, -0.05) is 6.92 Å². The number of piperidine rings is 1. The van der Waals surface area contributed by atoms with Crippen LogP contribution in [0.5, 0.6) is 0 Å². The number of nitrogens with one attached hydrogen (secondary N) is 2. The average molecular weight is 408 g/mol. The minimum atomic E-state index is 0. The summed E-state index contributed by atoms with van der Waals surface area (Å²) in [4.78, 5) is 7.43. The predicted octanol–water partition coefficient (Wildman–Crippen LogP) is 2.83. The average Bonchev–Trinajstić information content (AvgIpc) is 3.20. The van der Waals surface area contributed by atoms with Crippen LogP contribution >= 0.6 is 24.0 Å². The Morgan fingerprint density at radius 3 is 2.57 bits per heavy atom. The molecule has 1 heterocycles. The van der Waals surface area contributed by atoms with E-state index in [1.165, 1.54) is 38.8 Å². The molecule has 21 heavy (non-hydrogen) atoms. The van der Waals surface area contributed by atoms with Crippen molar-refractivity contribution in [1.29, 1.82) is 0 Å². The van der Waals surface area contributed by atoms with Crippen molar-refractivity contribution >= 4 is 29.9 Å². The van der Waals surface area contributed by atoms with Crippen LogP contribution in [0.2, 0.25) is 0 Å². The molecule has 0 aromatic heterocycles. The Morgan fingerprint density at radius 2 is 2.00 bits per heavy atom. The number of likely N-dealkylation sites (tertiary alicyclic amines) is 1. The molecule has 0 aromatic rings.